The SMILES string of the molecule is CCCCCCCCCC/C=C\CCCCCCCCCCCCCCCCCCCCCCCCCCCC(=O)OC(COC(=O)CCCCCCCCCCCCCCCCCCC)COC(OCC[N+](C)(C)C)C(=O)[O-]. The molecule has 0 heterocycles. The Balaban J connectivity index is 3.95. The Labute approximate surface area is 491 Å². The van der Waals surface area contributed by atoms with Gasteiger partial charge in [-0.2, -0.15) is 0 Å². The van der Waals surface area contributed by atoms with Crippen LogP contribution in [-0.4, -0.2) is 82.3 Å². The molecular formula is C70H135NO8. The Morgan fingerprint density at radius 1 is 0.367 bits per heavy atom. The summed E-state index contributed by atoms with van der Waals surface area (Å²) >= 11 is 0. The quantitative estimate of drug-likeness (QED) is 0.0195. The van der Waals surface area contributed by atoms with Gasteiger partial charge < -0.3 is 33.3 Å². The van der Waals surface area contributed by atoms with Gasteiger partial charge in [0.05, 0.1) is 40.3 Å². The molecule has 2 unspecified atom stereocenters. The number of aliphatic carboxylic acids is 1. The van der Waals surface area contributed by atoms with Crippen LogP contribution in [-0.2, 0) is 33.3 Å². The number of allylic oxidation sites excluding steroid dienone is 2. The summed E-state index contributed by atoms with van der Waals surface area (Å²) in [6.07, 6.45) is 71.7. The Hall–Kier alpha value is -1.97. The first kappa shape index (κ1) is 77.0. The highest BCUT2D eigenvalue weighted by Gasteiger charge is 2.22. The van der Waals surface area contributed by atoms with Crippen LogP contribution in [0.5, 0.6) is 0 Å². The number of carbonyl (C=O) groups is 3. The van der Waals surface area contributed by atoms with Crippen LogP contribution >= 0.6 is 0 Å². The molecule has 0 aliphatic rings. The molecule has 0 radical (unpaired) electrons. The minimum absolute atomic E-state index is 0.153. The molecule has 0 bridgehead atoms. The van der Waals surface area contributed by atoms with Crippen LogP contribution in [0.2, 0.25) is 0 Å². The molecule has 0 aliphatic carbocycles. The van der Waals surface area contributed by atoms with Crippen LogP contribution in [0.1, 0.15) is 361 Å². The second-order valence-corrected chi connectivity index (χ2v) is 25.2. The summed E-state index contributed by atoms with van der Waals surface area (Å²) in [4.78, 5) is 37.4. The number of hydrogen-bond acceptors (Lipinski definition) is 8. The number of carboxylic acid groups (broad SMARTS) is 1. The van der Waals surface area contributed by atoms with E-state index in [9.17, 15) is 19.5 Å². The van der Waals surface area contributed by atoms with Gasteiger partial charge in [0.1, 0.15) is 13.2 Å². The van der Waals surface area contributed by atoms with E-state index in [1.165, 1.54) is 295 Å². The molecule has 0 aromatic heterocycles. The number of quaternary nitrogens is 1. The van der Waals surface area contributed by atoms with E-state index in [0.29, 0.717) is 17.4 Å². The first-order valence-electron chi connectivity index (χ1n) is 34.8. The molecule has 0 aromatic carbocycles. The van der Waals surface area contributed by atoms with Crippen molar-refractivity contribution in [3.63, 3.8) is 0 Å². The van der Waals surface area contributed by atoms with Crippen LogP contribution in [0.25, 0.3) is 0 Å². The van der Waals surface area contributed by atoms with Crippen molar-refractivity contribution in [1.29, 1.82) is 0 Å². The Kier molecular flexibility index (Phi) is 60.5. The van der Waals surface area contributed by atoms with Crippen molar-refractivity contribution in [1.82, 2.24) is 0 Å². The highest BCUT2D eigenvalue weighted by Crippen LogP contribution is 2.19. The number of likely N-dealkylation sites (N-methyl/N-ethyl adjacent to an activating group) is 1. The van der Waals surface area contributed by atoms with Crippen LogP contribution in [0.15, 0.2) is 12.2 Å². The summed E-state index contributed by atoms with van der Waals surface area (Å²) in [6, 6.07) is 0. The van der Waals surface area contributed by atoms with Crippen LogP contribution in [0.4, 0.5) is 0 Å². The van der Waals surface area contributed by atoms with Gasteiger partial charge in [-0.1, -0.05) is 321 Å². The van der Waals surface area contributed by atoms with Gasteiger partial charge >= 0.3 is 11.9 Å². The highest BCUT2D eigenvalue weighted by atomic mass is 16.7. The summed E-state index contributed by atoms with van der Waals surface area (Å²) in [7, 11) is 5.94. The van der Waals surface area contributed by atoms with Crippen molar-refractivity contribution in [2.75, 3.05) is 47.5 Å². The molecule has 0 aromatic rings. The normalized spacial score (nSPS) is 12.7. The maximum atomic E-state index is 12.9. The smallest absolute Gasteiger partial charge is 0.306 e. The first-order chi connectivity index (χ1) is 38.6. The van der Waals surface area contributed by atoms with Crippen molar-refractivity contribution >= 4 is 17.9 Å². The number of esters is 2. The van der Waals surface area contributed by atoms with E-state index in [1.54, 1.807) is 0 Å². The molecule has 9 nitrogen and oxygen atoms in total. The molecule has 0 fully saturated rings. The second kappa shape index (κ2) is 62.1. The molecule has 2 atom stereocenters. The van der Waals surface area contributed by atoms with E-state index < -0.39 is 24.3 Å². The summed E-state index contributed by atoms with van der Waals surface area (Å²) in [5.41, 5.74) is 0. The van der Waals surface area contributed by atoms with E-state index in [-0.39, 0.29) is 32.2 Å². The first-order valence-corrected chi connectivity index (χ1v) is 34.8. The Morgan fingerprint density at radius 3 is 0.937 bits per heavy atom. The summed E-state index contributed by atoms with van der Waals surface area (Å²) in [5, 5.41) is 11.8. The minimum atomic E-state index is -1.62. The van der Waals surface area contributed by atoms with Crippen LogP contribution in [0.3, 0.4) is 0 Å². The zero-order chi connectivity index (χ0) is 57.6. The number of nitrogens with zero attached hydrogens (tertiary/aromatic N) is 1. The molecule has 0 N–H and O–H groups in total. The lowest BCUT2D eigenvalue weighted by Gasteiger charge is -2.26. The van der Waals surface area contributed by atoms with Gasteiger partial charge in [-0.15, -0.1) is 0 Å². The van der Waals surface area contributed by atoms with E-state index in [4.69, 9.17) is 18.9 Å². The van der Waals surface area contributed by atoms with Crippen molar-refractivity contribution in [3.8, 4) is 0 Å². The van der Waals surface area contributed by atoms with Gasteiger partial charge in [0.15, 0.2) is 12.4 Å². The monoisotopic (exact) mass is 1120 g/mol. The molecule has 0 aliphatic heterocycles. The molecule has 0 saturated heterocycles. The topological polar surface area (TPSA) is 111 Å². The zero-order valence-corrected chi connectivity index (χ0v) is 53.5. The standard InChI is InChI=1S/C70H135NO8/c1-6-8-10-12-14-16-18-20-22-24-25-26-27-28-29-30-31-32-33-34-35-36-37-38-39-40-41-42-43-45-47-49-51-53-55-57-59-61-68(73)79-66(65-78-70(69(74)75)76-63-62-71(3,4)5)64-77-67(72)60-58-56-54-52-50-48-46-44-23-21-19-17-15-13-11-9-7-2/h24-25,66,70H,6-23,26-65H2,1-5H3/b25-24-. The van der Waals surface area contributed by atoms with E-state index in [1.807, 2.05) is 21.1 Å². The average molecular weight is 1120 g/mol. The highest BCUT2D eigenvalue weighted by molar-refractivity contribution is 5.70. The van der Waals surface area contributed by atoms with Crippen molar-refractivity contribution in [3.05, 3.63) is 12.2 Å². The number of hydrogen-bond donors (Lipinski definition) is 0. The third-order valence-electron chi connectivity index (χ3n) is 16.0. The maximum Gasteiger partial charge on any atom is 0.306 e. The van der Waals surface area contributed by atoms with E-state index in [2.05, 4.69) is 26.0 Å². The largest absolute Gasteiger partial charge is 0.545 e. The van der Waals surface area contributed by atoms with Crippen LogP contribution < -0.4 is 5.11 Å². The molecule has 0 spiro atoms. The minimum Gasteiger partial charge on any atom is -0.545 e. The maximum absolute atomic E-state index is 12.9. The molecule has 468 valence electrons. The molecule has 9 heteroatoms. The van der Waals surface area contributed by atoms with E-state index >= 15 is 0 Å². The number of ether oxygens (including phenoxy) is 4. The van der Waals surface area contributed by atoms with Gasteiger partial charge in [0.25, 0.3) is 0 Å². The van der Waals surface area contributed by atoms with Gasteiger partial charge in [-0.05, 0) is 38.5 Å². The van der Waals surface area contributed by atoms with Crippen molar-refractivity contribution in [2.24, 2.45) is 0 Å². The molecule has 0 rings (SSSR count). The molecule has 0 amide bonds. The van der Waals surface area contributed by atoms with Crippen molar-refractivity contribution in [2.45, 2.75) is 373 Å². The third kappa shape index (κ3) is 63.5. The van der Waals surface area contributed by atoms with E-state index in [0.717, 1.165) is 38.5 Å². The third-order valence-corrected chi connectivity index (χ3v) is 16.0. The Morgan fingerprint density at radius 2 is 0.646 bits per heavy atom. The summed E-state index contributed by atoms with van der Waals surface area (Å²) < 4.78 is 22.8. The number of carbonyl (C=O) groups excluding carboxylic acids is 3. The number of carboxylic acids is 1. The van der Waals surface area contributed by atoms with Crippen LogP contribution in [0, 0.1) is 0 Å². The summed E-state index contributed by atoms with van der Waals surface area (Å²) in [6.45, 7) is 4.82. The fourth-order valence-electron chi connectivity index (χ4n) is 10.7. The molecular weight excluding hydrogens is 983 g/mol. The zero-order valence-electron chi connectivity index (χ0n) is 53.5. The summed E-state index contributed by atoms with van der Waals surface area (Å²) in [5.74, 6) is -2.25. The molecule has 79 heavy (non-hydrogen) atoms. The van der Waals surface area contributed by atoms with Gasteiger partial charge in [-0.25, -0.2) is 0 Å². The lowest BCUT2D eigenvalue weighted by molar-refractivity contribution is -0.870. The Bertz CT molecular complexity index is 1300. The van der Waals surface area contributed by atoms with Gasteiger partial charge in [0, 0.05) is 12.8 Å². The van der Waals surface area contributed by atoms with Gasteiger partial charge in [0.2, 0.25) is 0 Å². The fraction of sp³-hybridized carbons (Fsp3) is 0.929. The number of rotatable bonds is 66. The fourth-order valence-corrected chi connectivity index (χ4v) is 10.7. The number of unbranched alkanes of at least 4 members (excludes halogenated alkanes) is 49. The van der Waals surface area contributed by atoms with Gasteiger partial charge in [-0.3, -0.25) is 9.59 Å². The predicted octanol–water partition coefficient (Wildman–Crippen LogP) is 19.9. The lowest BCUT2D eigenvalue weighted by atomic mass is 10.0. The second-order valence-electron chi connectivity index (χ2n) is 25.2. The average Bonchev–Trinajstić information content (AvgIpc) is 3.42. The van der Waals surface area contributed by atoms with Crippen molar-refractivity contribution < 1.29 is 42.9 Å². The lowest BCUT2D eigenvalue weighted by Crippen LogP contribution is -2.44. The predicted molar refractivity (Wildman–Crippen MR) is 334 cm³/mol. The molecule has 0 saturated carbocycles.